The van der Waals surface area contributed by atoms with Crippen molar-refractivity contribution in [2.45, 2.75) is 13.8 Å². The maximum atomic E-state index is 12.0. The van der Waals surface area contributed by atoms with E-state index in [1.807, 2.05) is 50.4 Å². The predicted octanol–water partition coefficient (Wildman–Crippen LogP) is 3.40. The maximum absolute atomic E-state index is 12.0. The van der Waals surface area contributed by atoms with Crippen LogP contribution in [0.15, 0.2) is 42.6 Å². The molecule has 3 rings (SSSR count). The Morgan fingerprint density at radius 3 is 2.58 bits per heavy atom. The molecule has 24 heavy (non-hydrogen) atoms. The SMILES string of the molecule is CCN(C)C(=O)COc1ccc(-c2cn[nH]c2C)c2ccccc12. The Morgan fingerprint density at radius 1 is 1.17 bits per heavy atom. The van der Waals surface area contributed by atoms with Crippen LogP contribution in [0.4, 0.5) is 0 Å². The molecule has 1 aromatic heterocycles. The van der Waals surface area contributed by atoms with E-state index < -0.39 is 0 Å². The van der Waals surface area contributed by atoms with Crippen molar-refractivity contribution in [2.24, 2.45) is 0 Å². The van der Waals surface area contributed by atoms with Crippen molar-refractivity contribution in [2.75, 3.05) is 20.2 Å². The van der Waals surface area contributed by atoms with Gasteiger partial charge in [0.2, 0.25) is 0 Å². The van der Waals surface area contributed by atoms with Gasteiger partial charge in [0.05, 0.1) is 6.20 Å². The average Bonchev–Trinajstić information content (AvgIpc) is 3.04. The second-order valence-electron chi connectivity index (χ2n) is 5.76. The smallest absolute Gasteiger partial charge is 0.260 e. The number of ether oxygens (including phenoxy) is 1. The lowest BCUT2D eigenvalue weighted by molar-refractivity contribution is -0.131. The van der Waals surface area contributed by atoms with Crippen LogP contribution in [0, 0.1) is 6.92 Å². The Kier molecular flexibility index (Phi) is 4.51. The molecule has 0 saturated carbocycles. The molecule has 0 spiro atoms. The number of H-pyrrole nitrogens is 1. The fourth-order valence-corrected chi connectivity index (χ4v) is 2.68. The molecule has 0 unspecified atom stereocenters. The number of aryl methyl sites for hydroxylation is 1. The van der Waals surface area contributed by atoms with E-state index in [1.54, 1.807) is 11.9 Å². The molecule has 1 amide bonds. The summed E-state index contributed by atoms with van der Waals surface area (Å²) in [7, 11) is 1.77. The van der Waals surface area contributed by atoms with Crippen LogP contribution >= 0.6 is 0 Å². The van der Waals surface area contributed by atoms with Crippen molar-refractivity contribution in [1.82, 2.24) is 15.1 Å². The Bertz CT molecular complexity index is 870. The highest BCUT2D eigenvalue weighted by atomic mass is 16.5. The van der Waals surface area contributed by atoms with E-state index in [1.165, 1.54) is 0 Å². The Balaban J connectivity index is 1.97. The van der Waals surface area contributed by atoms with Crippen LogP contribution in [-0.4, -0.2) is 41.2 Å². The van der Waals surface area contributed by atoms with E-state index in [0.29, 0.717) is 12.3 Å². The van der Waals surface area contributed by atoms with Gasteiger partial charge in [-0.05, 0) is 36.9 Å². The van der Waals surface area contributed by atoms with Gasteiger partial charge < -0.3 is 9.64 Å². The zero-order valence-corrected chi connectivity index (χ0v) is 14.2. The van der Waals surface area contributed by atoms with Gasteiger partial charge in [-0.2, -0.15) is 5.10 Å². The lowest BCUT2D eigenvalue weighted by Gasteiger charge is -2.16. The molecule has 5 nitrogen and oxygen atoms in total. The number of nitrogens with one attached hydrogen (secondary N) is 1. The maximum Gasteiger partial charge on any atom is 0.260 e. The van der Waals surface area contributed by atoms with Crippen LogP contribution in [0.25, 0.3) is 21.9 Å². The van der Waals surface area contributed by atoms with Gasteiger partial charge in [0.15, 0.2) is 6.61 Å². The van der Waals surface area contributed by atoms with Crippen molar-refractivity contribution in [3.05, 3.63) is 48.3 Å². The van der Waals surface area contributed by atoms with Crippen LogP contribution in [0.1, 0.15) is 12.6 Å². The van der Waals surface area contributed by atoms with Gasteiger partial charge in [-0.25, -0.2) is 0 Å². The van der Waals surface area contributed by atoms with Crippen molar-refractivity contribution in [3.8, 4) is 16.9 Å². The number of hydrogen-bond acceptors (Lipinski definition) is 3. The van der Waals surface area contributed by atoms with Crippen molar-refractivity contribution < 1.29 is 9.53 Å². The van der Waals surface area contributed by atoms with Crippen LogP contribution in [0.3, 0.4) is 0 Å². The van der Waals surface area contributed by atoms with Gasteiger partial charge in [0, 0.05) is 30.2 Å². The zero-order valence-electron chi connectivity index (χ0n) is 14.2. The van der Waals surface area contributed by atoms with Crippen molar-refractivity contribution in [3.63, 3.8) is 0 Å². The summed E-state index contributed by atoms with van der Waals surface area (Å²) in [6, 6.07) is 12.0. The number of hydrogen-bond donors (Lipinski definition) is 1. The predicted molar refractivity (Wildman–Crippen MR) is 95.1 cm³/mol. The minimum Gasteiger partial charge on any atom is -0.483 e. The normalized spacial score (nSPS) is 10.8. The third kappa shape index (κ3) is 2.97. The second kappa shape index (κ2) is 6.74. The zero-order chi connectivity index (χ0) is 17.1. The first kappa shape index (κ1) is 16.1. The van der Waals surface area contributed by atoms with Gasteiger partial charge >= 0.3 is 0 Å². The fourth-order valence-electron chi connectivity index (χ4n) is 2.68. The van der Waals surface area contributed by atoms with Crippen molar-refractivity contribution in [1.29, 1.82) is 0 Å². The molecule has 0 radical (unpaired) electrons. The molecule has 0 aliphatic rings. The standard InChI is InChI=1S/C19H21N3O2/c1-4-22(3)19(23)12-24-18-10-9-15(17-11-20-21-13(17)2)14-7-5-6-8-16(14)18/h5-11H,4,12H2,1-3H3,(H,20,21). The first-order valence-electron chi connectivity index (χ1n) is 8.00. The number of rotatable bonds is 5. The van der Waals surface area contributed by atoms with E-state index in [9.17, 15) is 4.79 Å². The largest absolute Gasteiger partial charge is 0.483 e. The third-order valence-corrected chi connectivity index (χ3v) is 4.26. The first-order valence-corrected chi connectivity index (χ1v) is 8.00. The molecule has 3 aromatic rings. The van der Waals surface area contributed by atoms with E-state index >= 15 is 0 Å². The minimum atomic E-state index is -0.0312. The topological polar surface area (TPSA) is 58.2 Å². The number of likely N-dealkylation sites (N-methyl/N-ethyl adjacent to an activating group) is 1. The number of benzene rings is 2. The number of fused-ring (bicyclic) bond motifs is 1. The summed E-state index contributed by atoms with van der Waals surface area (Å²) in [5.74, 6) is 0.685. The Morgan fingerprint density at radius 2 is 1.92 bits per heavy atom. The number of amides is 1. The number of aromatic amines is 1. The van der Waals surface area contributed by atoms with Crippen LogP contribution in [0.2, 0.25) is 0 Å². The summed E-state index contributed by atoms with van der Waals surface area (Å²) in [4.78, 5) is 13.6. The molecule has 5 heteroatoms. The fraction of sp³-hybridized carbons (Fsp3) is 0.263. The van der Waals surface area contributed by atoms with Gasteiger partial charge in [-0.1, -0.05) is 24.3 Å². The Labute approximate surface area is 141 Å². The van der Waals surface area contributed by atoms with Gasteiger partial charge in [-0.3, -0.25) is 9.89 Å². The number of aromatic nitrogens is 2. The van der Waals surface area contributed by atoms with Gasteiger partial charge in [0.1, 0.15) is 5.75 Å². The molecule has 2 aromatic carbocycles. The summed E-state index contributed by atoms with van der Waals surface area (Å²) in [6.07, 6.45) is 1.83. The summed E-state index contributed by atoms with van der Waals surface area (Å²) < 4.78 is 5.79. The first-order chi connectivity index (χ1) is 11.6. The molecule has 124 valence electrons. The molecule has 1 N–H and O–H groups in total. The van der Waals surface area contributed by atoms with Crippen LogP contribution in [-0.2, 0) is 4.79 Å². The molecule has 0 saturated heterocycles. The quantitative estimate of drug-likeness (QED) is 0.783. The molecule has 0 atom stereocenters. The molecular weight excluding hydrogens is 302 g/mol. The summed E-state index contributed by atoms with van der Waals surface area (Å²) in [5.41, 5.74) is 3.19. The lowest BCUT2D eigenvalue weighted by Crippen LogP contribution is -2.31. The lowest BCUT2D eigenvalue weighted by atomic mass is 9.98. The second-order valence-corrected chi connectivity index (χ2v) is 5.76. The molecule has 0 fully saturated rings. The summed E-state index contributed by atoms with van der Waals surface area (Å²) in [6.45, 7) is 4.65. The van der Waals surface area contributed by atoms with E-state index in [0.717, 1.165) is 27.6 Å². The highest BCUT2D eigenvalue weighted by Crippen LogP contribution is 2.35. The Hall–Kier alpha value is -2.82. The summed E-state index contributed by atoms with van der Waals surface area (Å²) in [5, 5.41) is 9.15. The highest BCUT2D eigenvalue weighted by Gasteiger charge is 2.13. The van der Waals surface area contributed by atoms with Crippen LogP contribution in [0.5, 0.6) is 5.75 Å². The number of carbonyl (C=O) groups is 1. The third-order valence-electron chi connectivity index (χ3n) is 4.26. The minimum absolute atomic E-state index is 0.0312. The monoisotopic (exact) mass is 323 g/mol. The van der Waals surface area contributed by atoms with Gasteiger partial charge in [0.25, 0.3) is 5.91 Å². The molecule has 0 bridgehead atoms. The van der Waals surface area contributed by atoms with E-state index in [-0.39, 0.29) is 12.5 Å². The number of carbonyl (C=O) groups excluding carboxylic acids is 1. The molecule has 0 aliphatic carbocycles. The average molecular weight is 323 g/mol. The highest BCUT2D eigenvalue weighted by molar-refractivity contribution is 6.00. The number of nitrogens with zero attached hydrogens (tertiary/aromatic N) is 2. The van der Waals surface area contributed by atoms with E-state index in [2.05, 4.69) is 16.3 Å². The van der Waals surface area contributed by atoms with Crippen molar-refractivity contribution >= 4 is 16.7 Å². The van der Waals surface area contributed by atoms with Crippen LogP contribution < -0.4 is 4.74 Å². The van der Waals surface area contributed by atoms with Gasteiger partial charge in [-0.15, -0.1) is 0 Å². The molecule has 1 heterocycles. The molecule has 0 aliphatic heterocycles. The van der Waals surface area contributed by atoms with E-state index in [4.69, 9.17) is 4.74 Å². The molecular formula is C19H21N3O2. The summed E-state index contributed by atoms with van der Waals surface area (Å²) >= 11 is 0.